The van der Waals surface area contributed by atoms with E-state index >= 15 is 0 Å². The molecule has 0 unspecified atom stereocenters. The number of nitrogens with zero attached hydrogens (tertiary/aromatic N) is 2. The van der Waals surface area contributed by atoms with E-state index in [0.29, 0.717) is 30.5 Å². The number of aryl methyl sites for hydroxylation is 2. The number of carbonyl (C=O) groups excluding carboxylic acids is 2. The maximum atomic E-state index is 13.5. The van der Waals surface area contributed by atoms with E-state index in [9.17, 15) is 14.7 Å². The number of Topliss-reactive ketones (excluding diaryl/α,β-unsaturated/α-hetero) is 1. The fourth-order valence-corrected chi connectivity index (χ4v) is 5.82. The van der Waals surface area contributed by atoms with E-state index in [1.807, 2.05) is 60.8 Å². The predicted octanol–water partition coefficient (Wildman–Crippen LogP) is 6.55. The van der Waals surface area contributed by atoms with Crippen molar-refractivity contribution < 1.29 is 19.4 Å². The smallest absolute Gasteiger partial charge is 0.253 e. The number of amides is 1. The number of rotatable bonds is 14. The van der Waals surface area contributed by atoms with Gasteiger partial charge in [-0.1, -0.05) is 54.6 Å². The van der Waals surface area contributed by atoms with Crippen LogP contribution in [0.3, 0.4) is 0 Å². The molecule has 2 atom stereocenters. The first kappa shape index (κ1) is 30.2. The van der Waals surface area contributed by atoms with Gasteiger partial charge in [-0.15, -0.1) is 11.3 Å². The van der Waals surface area contributed by atoms with Gasteiger partial charge in [0, 0.05) is 35.7 Å². The van der Waals surface area contributed by atoms with Gasteiger partial charge in [0.15, 0.2) is 5.78 Å². The lowest BCUT2D eigenvalue weighted by Crippen LogP contribution is -2.27. The summed E-state index contributed by atoms with van der Waals surface area (Å²) in [4.78, 5) is 32.7. The molecule has 3 aromatic carbocycles. The molecular weight excluding hydrogens is 532 g/mol. The first-order valence-corrected chi connectivity index (χ1v) is 14.8. The molecule has 0 radical (unpaired) electrons. The third-order valence-corrected chi connectivity index (χ3v) is 8.20. The van der Waals surface area contributed by atoms with Gasteiger partial charge >= 0.3 is 0 Å². The maximum Gasteiger partial charge on any atom is 0.253 e. The molecule has 0 aliphatic heterocycles. The first-order valence-electron chi connectivity index (χ1n) is 14.0. The molecular formula is C34H38N2O4S. The highest BCUT2D eigenvalue weighted by Crippen LogP contribution is 2.24. The van der Waals surface area contributed by atoms with Crippen LogP contribution in [0.25, 0.3) is 0 Å². The number of thiazole rings is 1. The quantitative estimate of drug-likeness (QED) is 0.174. The van der Waals surface area contributed by atoms with Crippen LogP contribution in [0.15, 0.2) is 84.2 Å². The van der Waals surface area contributed by atoms with Crippen molar-refractivity contribution in [1.82, 2.24) is 9.88 Å². The van der Waals surface area contributed by atoms with Crippen molar-refractivity contribution >= 4 is 23.0 Å². The lowest BCUT2D eigenvalue weighted by molar-refractivity contribution is 0.0747. The fraction of sp³-hybridized carbons (Fsp3) is 0.324. The van der Waals surface area contributed by atoms with E-state index in [1.54, 1.807) is 43.3 Å². The van der Waals surface area contributed by atoms with Gasteiger partial charge in [-0.25, -0.2) is 4.98 Å². The van der Waals surface area contributed by atoms with E-state index < -0.39 is 6.10 Å². The Hall–Kier alpha value is -3.81. The van der Waals surface area contributed by atoms with Gasteiger partial charge in [0.2, 0.25) is 0 Å². The van der Waals surface area contributed by atoms with Crippen LogP contribution in [-0.2, 0) is 19.4 Å². The maximum absolute atomic E-state index is 13.5. The van der Waals surface area contributed by atoms with Gasteiger partial charge in [-0.2, -0.15) is 0 Å². The van der Waals surface area contributed by atoms with E-state index in [0.717, 1.165) is 40.4 Å². The molecule has 0 aliphatic carbocycles. The standard InChI is InChI=1S/C34H38N2O4S/c1-24-23-41-33(35-24)22-36(2)34(39)28-15-9-14-27(20-28)32(38)21-29(18-25-10-5-4-6-11-25)31(37)17-8-13-26-12-7-16-30(19-26)40-3/h4-7,9-12,14-16,19-20,23,29,31,37H,8,13,17-18,21-22H2,1-3H3/t29-,31-/m1/s1. The van der Waals surface area contributed by atoms with Crippen LogP contribution in [0, 0.1) is 12.8 Å². The number of benzene rings is 3. The Bertz CT molecular complexity index is 1440. The summed E-state index contributed by atoms with van der Waals surface area (Å²) in [7, 11) is 3.40. The number of aliphatic hydroxyl groups excluding tert-OH is 1. The summed E-state index contributed by atoms with van der Waals surface area (Å²) >= 11 is 1.53. The lowest BCUT2D eigenvalue weighted by atomic mass is 9.85. The summed E-state index contributed by atoms with van der Waals surface area (Å²) in [5, 5.41) is 14.1. The van der Waals surface area contributed by atoms with Crippen LogP contribution >= 0.6 is 11.3 Å². The van der Waals surface area contributed by atoms with E-state index in [4.69, 9.17) is 4.74 Å². The first-order chi connectivity index (χ1) is 19.8. The van der Waals surface area contributed by atoms with E-state index in [-0.39, 0.29) is 24.0 Å². The van der Waals surface area contributed by atoms with Crippen LogP contribution in [0.2, 0.25) is 0 Å². The molecule has 7 heteroatoms. The Kier molecular flexibility index (Phi) is 10.8. The minimum absolute atomic E-state index is 0.0781. The number of carbonyl (C=O) groups is 2. The zero-order valence-corrected chi connectivity index (χ0v) is 24.8. The number of ether oxygens (including phenoxy) is 1. The van der Waals surface area contributed by atoms with Gasteiger partial charge in [0.1, 0.15) is 10.8 Å². The van der Waals surface area contributed by atoms with Crippen molar-refractivity contribution in [2.75, 3.05) is 14.2 Å². The SMILES string of the molecule is COc1cccc(CCC[C@@H](O)[C@@H](CC(=O)c2cccc(C(=O)N(C)Cc3nc(C)cs3)c2)Cc2ccccc2)c1. The molecule has 6 nitrogen and oxygen atoms in total. The van der Waals surface area contributed by atoms with Crippen molar-refractivity contribution in [3.05, 3.63) is 117 Å². The van der Waals surface area contributed by atoms with Gasteiger partial charge in [-0.3, -0.25) is 9.59 Å². The second-order valence-electron chi connectivity index (χ2n) is 10.5. The molecule has 41 heavy (non-hydrogen) atoms. The lowest BCUT2D eigenvalue weighted by Gasteiger charge is -2.23. The van der Waals surface area contributed by atoms with Crippen molar-refractivity contribution in [3.63, 3.8) is 0 Å². The van der Waals surface area contributed by atoms with E-state index in [1.165, 1.54) is 11.3 Å². The van der Waals surface area contributed by atoms with Crippen molar-refractivity contribution in [2.45, 2.75) is 51.7 Å². The Balaban J connectivity index is 1.42. The molecule has 0 spiro atoms. The topological polar surface area (TPSA) is 79.7 Å². The Morgan fingerprint density at radius 1 is 0.976 bits per heavy atom. The van der Waals surface area contributed by atoms with Crippen LogP contribution < -0.4 is 4.74 Å². The highest BCUT2D eigenvalue weighted by Gasteiger charge is 2.24. The number of hydrogen-bond acceptors (Lipinski definition) is 6. The normalized spacial score (nSPS) is 12.5. The average Bonchev–Trinajstić information content (AvgIpc) is 3.41. The molecule has 0 saturated carbocycles. The number of ketones is 1. The summed E-state index contributed by atoms with van der Waals surface area (Å²) in [6.07, 6.45) is 2.35. The largest absolute Gasteiger partial charge is 0.497 e. The molecule has 0 aliphatic rings. The minimum Gasteiger partial charge on any atom is -0.497 e. The summed E-state index contributed by atoms with van der Waals surface area (Å²) in [6.45, 7) is 2.34. The Labute approximate surface area is 246 Å². The highest BCUT2D eigenvalue weighted by atomic mass is 32.1. The molecule has 1 aromatic heterocycles. The summed E-state index contributed by atoms with van der Waals surface area (Å²) < 4.78 is 5.32. The second-order valence-corrected chi connectivity index (χ2v) is 11.5. The highest BCUT2D eigenvalue weighted by molar-refractivity contribution is 7.09. The molecule has 0 bridgehead atoms. The van der Waals surface area contributed by atoms with Crippen LogP contribution in [0.4, 0.5) is 0 Å². The fourth-order valence-electron chi connectivity index (χ4n) is 4.99. The second kappa shape index (κ2) is 14.7. The number of aromatic nitrogens is 1. The summed E-state index contributed by atoms with van der Waals surface area (Å²) in [5.74, 6) is 0.336. The molecule has 4 aromatic rings. The van der Waals surface area contributed by atoms with Crippen molar-refractivity contribution in [1.29, 1.82) is 0 Å². The Morgan fingerprint density at radius 3 is 2.44 bits per heavy atom. The molecule has 0 fully saturated rings. The minimum atomic E-state index is -0.637. The van der Waals surface area contributed by atoms with E-state index in [2.05, 4.69) is 11.1 Å². The molecule has 0 saturated heterocycles. The zero-order valence-electron chi connectivity index (χ0n) is 24.0. The van der Waals surface area contributed by atoms with Gasteiger partial charge in [-0.05, 0) is 73.9 Å². The van der Waals surface area contributed by atoms with Crippen LogP contribution in [-0.4, -0.2) is 46.9 Å². The number of methoxy groups -OCH3 is 1. The molecule has 214 valence electrons. The molecule has 1 heterocycles. The van der Waals surface area contributed by atoms with Crippen LogP contribution in [0.5, 0.6) is 5.75 Å². The van der Waals surface area contributed by atoms with Crippen molar-refractivity contribution in [2.24, 2.45) is 5.92 Å². The van der Waals surface area contributed by atoms with Crippen molar-refractivity contribution in [3.8, 4) is 5.75 Å². The monoisotopic (exact) mass is 570 g/mol. The summed E-state index contributed by atoms with van der Waals surface area (Å²) in [5.41, 5.74) is 4.12. The van der Waals surface area contributed by atoms with Gasteiger partial charge < -0.3 is 14.7 Å². The summed E-state index contributed by atoms with van der Waals surface area (Å²) in [6, 6.07) is 24.8. The van der Waals surface area contributed by atoms with Gasteiger partial charge in [0.05, 0.1) is 19.8 Å². The molecule has 1 N–H and O–H groups in total. The third kappa shape index (κ3) is 8.84. The zero-order chi connectivity index (χ0) is 29.2. The third-order valence-electron chi connectivity index (χ3n) is 7.25. The molecule has 4 rings (SSSR count). The Morgan fingerprint density at radius 2 is 1.71 bits per heavy atom. The van der Waals surface area contributed by atoms with Gasteiger partial charge in [0.25, 0.3) is 5.91 Å². The average molecular weight is 571 g/mol. The molecule has 1 amide bonds. The number of aliphatic hydroxyl groups is 1. The number of hydrogen-bond donors (Lipinski definition) is 1. The predicted molar refractivity (Wildman–Crippen MR) is 164 cm³/mol. The van der Waals surface area contributed by atoms with Crippen LogP contribution in [0.1, 0.15) is 61.8 Å².